The molecule has 15 heavy (non-hydrogen) atoms. The molecule has 1 nitrogen and oxygen atoms in total. The Balaban J connectivity index is 2.59. The molecule has 0 unspecified atom stereocenters. The normalized spacial score (nSPS) is 9.60. The van der Waals surface area contributed by atoms with Crippen LogP contribution in [0, 0.1) is 12.3 Å². The zero-order valence-electron chi connectivity index (χ0n) is 9.45. The highest BCUT2D eigenvalue weighted by atomic mass is 15.1. The summed E-state index contributed by atoms with van der Waals surface area (Å²) in [6.45, 7) is 4.27. The molecule has 0 amide bonds. The van der Waals surface area contributed by atoms with E-state index in [0.29, 0.717) is 0 Å². The van der Waals surface area contributed by atoms with Crippen LogP contribution >= 0.6 is 0 Å². The molecule has 1 rings (SSSR count). The van der Waals surface area contributed by atoms with Crippen LogP contribution in [0.1, 0.15) is 26.2 Å². The predicted octanol–water partition coefficient (Wildman–Crippen LogP) is 3.32. The van der Waals surface area contributed by atoms with Crippen molar-refractivity contribution in [2.45, 2.75) is 26.2 Å². The summed E-state index contributed by atoms with van der Waals surface area (Å²) in [5.74, 6) is 2.70. The molecule has 80 valence electrons. The minimum Gasteiger partial charge on any atom is -0.371 e. The molecule has 0 saturated heterocycles. The number of unbranched alkanes of at least 4 members (excludes halogenated alkanes) is 1. The molecule has 0 radical (unpaired) electrons. The first-order chi connectivity index (χ1) is 7.38. The van der Waals surface area contributed by atoms with Crippen LogP contribution < -0.4 is 4.90 Å². The standard InChI is InChI=1S/C14H19N/c1-3-5-12-15(13-6-4-2)14-10-8-7-9-11-14/h1,7-11H,4-6,12-13H2,2H3. The van der Waals surface area contributed by atoms with Crippen LogP contribution in [0.25, 0.3) is 0 Å². The van der Waals surface area contributed by atoms with E-state index in [1.54, 1.807) is 0 Å². The minimum atomic E-state index is 0.818. The van der Waals surface area contributed by atoms with Crippen molar-refractivity contribution < 1.29 is 0 Å². The molecule has 0 aromatic heterocycles. The number of para-hydroxylation sites is 1. The van der Waals surface area contributed by atoms with E-state index in [1.807, 2.05) is 6.07 Å². The van der Waals surface area contributed by atoms with Gasteiger partial charge in [0.05, 0.1) is 0 Å². The van der Waals surface area contributed by atoms with Gasteiger partial charge in [0.1, 0.15) is 0 Å². The van der Waals surface area contributed by atoms with Gasteiger partial charge in [-0.1, -0.05) is 31.5 Å². The summed E-state index contributed by atoms with van der Waals surface area (Å²) in [5, 5.41) is 0. The Bertz CT molecular complexity index is 297. The first-order valence-corrected chi connectivity index (χ1v) is 5.62. The van der Waals surface area contributed by atoms with E-state index < -0.39 is 0 Å². The van der Waals surface area contributed by atoms with Crippen molar-refractivity contribution in [2.75, 3.05) is 18.0 Å². The molecule has 0 aliphatic heterocycles. The average molecular weight is 201 g/mol. The number of benzene rings is 1. The smallest absolute Gasteiger partial charge is 0.0366 e. The second kappa shape index (κ2) is 6.95. The van der Waals surface area contributed by atoms with Crippen molar-refractivity contribution in [1.29, 1.82) is 0 Å². The summed E-state index contributed by atoms with van der Waals surface area (Å²) in [6, 6.07) is 10.5. The maximum absolute atomic E-state index is 5.31. The highest BCUT2D eigenvalue weighted by Crippen LogP contribution is 2.14. The van der Waals surface area contributed by atoms with Crippen LogP contribution in [0.15, 0.2) is 30.3 Å². The number of hydrogen-bond donors (Lipinski definition) is 0. The van der Waals surface area contributed by atoms with Gasteiger partial charge in [0, 0.05) is 25.2 Å². The van der Waals surface area contributed by atoms with E-state index in [1.165, 1.54) is 18.5 Å². The van der Waals surface area contributed by atoms with Gasteiger partial charge in [0.25, 0.3) is 0 Å². The Labute approximate surface area is 93.1 Å². The second-order valence-corrected chi connectivity index (χ2v) is 3.63. The van der Waals surface area contributed by atoms with Crippen molar-refractivity contribution in [2.24, 2.45) is 0 Å². The summed E-state index contributed by atoms with van der Waals surface area (Å²) in [6.07, 6.45) is 8.57. The summed E-state index contributed by atoms with van der Waals surface area (Å²) in [7, 11) is 0. The lowest BCUT2D eigenvalue weighted by atomic mass is 10.2. The van der Waals surface area contributed by atoms with E-state index in [9.17, 15) is 0 Å². The largest absolute Gasteiger partial charge is 0.371 e. The minimum absolute atomic E-state index is 0.818. The zero-order valence-corrected chi connectivity index (χ0v) is 9.45. The molecule has 0 aliphatic rings. The third-order valence-electron chi connectivity index (χ3n) is 2.43. The van der Waals surface area contributed by atoms with Gasteiger partial charge >= 0.3 is 0 Å². The molecule has 1 heteroatoms. The van der Waals surface area contributed by atoms with Crippen LogP contribution in [-0.4, -0.2) is 13.1 Å². The number of rotatable bonds is 6. The molecule has 0 N–H and O–H groups in total. The maximum atomic E-state index is 5.31. The lowest BCUT2D eigenvalue weighted by Gasteiger charge is -2.23. The Kier molecular flexibility index (Phi) is 5.40. The molecule has 0 saturated carbocycles. The van der Waals surface area contributed by atoms with Gasteiger partial charge in [0.15, 0.2) is 0 Å². The number of hydrogen-bond acceptors (Lipinski definition) is 1. The van der Waals surface area contributed by atoms with Gasteiger partial charge in [0.2, 0.25) is 0 Å². The first-order valence-electron chi connectivity index (χ1n) is 5.62. The van der Waals surface area contributed by atoms with Gasteiger partial charge in [-0.15, -0.1) is 12.3 Å². The van der Waals surface area contributed by atoms with Gasteiger partial charge in [-0.2, -0.15) is 0 Å². The van der Waals surface area contributed by atoms with Crippen LogP contribution in [0.3, 0.4) is 0 Å². The quantitative estimate of drug-likeness (QED) is 0.638. The number of anilines is 1. The van der Waals surface area contributed by atoms with Gasteiger partial charge in [-0.25, -0.2) is 0 Å². The predicted molar refractivity (Wildman–Crippen MR) is 67.0 cm³/mol. The maximum Gasteiger partial charge on any atom is 0.0366 e. The highest BCUT2D eigenvalue weighted by molar-refractivity contribution is 5.45. The zero-order chi connectivity index (χ0) is 10.9. The Morgan fingerprint density at radius 2 is 1.93 bits per heavy atom. The first kappa shape index (κ1) is 11.7. The fourth-order valence-electron chi connectivity index (χ4n) is 1.56. The molecule has 0 heterocycles. The summed E-state index contributed by atoms with van der Waals surface area (Å²) >= 11 is 0. The van der Waals surface area contributed by atoms with E-state index in [-0.39, 0.29) is 0 Å². The van der Waals surface area contributed by atoms with Crippen molar-refractivity contribution in [3.05, 3.63) is 30.3 Å². The topological polar surface area (TPSA) is 3.24 Å². The summed E-state index contributed by atoms with van der Waals surface area (Å²) in [5.41, 5.74) is 1.28. The summed E-state index contributed by atoms with van der Waals surface area (Å²) < 4.78 is 0. The van der Waals surface area contributed by atoms with E-state index in [4.69, 9.17) is 6.42 Å². The van der Waals surface area contributed by atoms with Crippen LogP contribution in [-0.2, 0) is 0 Å². The van der Waals surface area contributed by atoms with Crippen LogP contribution in [0.2, 0.25) is 0 Å². The van der Waals surface area contributed by atoms with Gasteiger partial charge < -0.3 is 4.90 Å². The van der Waals surface area contributed by atoms with Crippen molar-refractivity contribution in [1.82, 2.24) is 0 Å². The SMILES string of the molecule is C#CCCN(CCCC)c1ccccc1. The Hall–Kier alpha value is -1.42. The molecule has 0 bridgehead atoms. The van der Waals surface area contributed by atoms with Crippen molar-refractivity contribution in [3.63, 3.8) is 0 Å². The molecule has 1 aromatic rings. The second-order valence-electron chi connectivity index (χ2n) is 3.63. The van der Waals surface area contributed by atoms with E-state index >= 15 is 0 Å². The van der Waals surface area contributed by atoms with Crippen molar-refractivity contribution in [3.8, 4) is 12.3 Å². The number of terminal acetylenes is 1. The van der Waals surface area contributed by atoms with Crippen LogP contribution in [0.4, 0.5) is 5.69 Å². The third kappa shape index (κ3) is 4.08. The average Bonchev–Trinajstić information content (AvgIpc) is 2.30. The molecular formula is C14H19N. The van der Waals surface area contributed by atoms with E-state index in [0.717, 1.165) is 19.5 Å². The molecule has 0 fully saturated rings. The molecule has 0 atom stereocenters. The summed E-state index contributed by atoms with van der Waals surface area (Å²) in [4.78, 5) is 2.36. The van der Waals surface area contributed by atoms with Gasteiger partial charge in [-0.3, -0.25) is 0 Å². The fraction of sp³-hybridized carbons (Fsp3) is 0.429. The molecule has 1 aromatic carbocycles. The fourth-order valence-corrected chi connectivity index (χ4v) is 1.56. The highest BCUT2D eigenvalue weighted by Gasteiger charge is 2.03. The Morgan fingerprint density at radius 3 is 2.53 bits per heavy atom. The molecule has 0 spiro atoms. The third-order valence-corrected chi connectivity index (χ3v) is 2.43. The monoisotopic (exact) mass is 201 g/mol. The van der Waals surface area contributed by atoms with Gasteiger partial charge in [-0.05, 0) is 18.6 Å². The lowest BCUT2D eigenvalue weighted by Crippen LogP contribution is -2.25. The van der Waals surface area contributed by atoms with Crippen molar-refractivity contribution >= 4 is 5.69 Å². The van der Waals surface area contributed by atoms with E-state index in [2.05, 4.69) is 42.0 Å². The molecule has 0 aliphatic carbocycles. The Morgan fingerprint density at radius 1 is 1.20 bits per heavy atom. The molecular weight excluding hydrogens is 182 g/mol. The lowest BCUT2D eigenvalue weighted by molar-refractivity contribution is 0.719. The number of nitrogens with zero attached hydrogens (tertiary/aromatic N) is 1. The van der Waals surface area contributed by atoms with Crippen LogP contribution in [0.5, 0.6) is 0 Å².